The first kappa shape index (κ1) is 15.7. The SMILES string of the molecule is [C]#CC(F)(F)F.[Cl-].[Zn]. The first-order valence-corrected chi connectivity index (χ1v) is 1.07. The molecular weight excluding hydrogens is 194 g/mol. The molecule has 0 saturated heterocycles. The molecule has 1 radical (unpaired) electrons. The Hall–Kier alpha value is 0.263. The zero-order valence-corrected chi connectivity index (χ0v) is 7.44. The molecule has 0 atom stereocenters. The fraction of sp³-hybridized carbons (Fsp3) is 0.333. The number of hydrogen-bond donors (Lipinski definition) is 0. The number of hydrogen-bond acceptors (Lipinski definition) is 0. The van der Waals surface area contributed by atoms with Crippen LogP contribution in [-0.4, -0.2) is 6.18 Å². The maximum absolute atomic E-state index is 10.5. The van der Waals surface area contributed by atoms with Crippen LogP contribution in [0.5, 0.6) is 0 Å². The Morgan fingerprint density at radius 3 is 1.38 bits per heavy atom. The Bertz CT molecular complexity index is 81.5. The average molecular weight is 194 g/mol. The topological polar surface area (TPSA) is 0 Å². The van der Waals surface area contributed by atoms with Crippen molar-refractivity contribution in [2.75, 3.05) is 0 Å². The normalized spacial score (nSPS) is 7.75. The van der Waals surface area contributed by atoms with Gasteiger partial charge in [-0.25, -0.2) is 0 Å². The summed E-state index contributed by atoms with van der Waals surface area (Å²) in [5, 5.41) is 0. The van der Waals surface area contributed by atoms with Crippen LogP contribution in [0.3, 0.4) is 0 Å². The van der Waals surface area contributed by atoms with Gasteiger partial charge in [-0.3, -0.25) is 0 Å². The molecule has 0 saturated carbocycles. The maximum atomic E-state index is 10.5. The molecule has 8 heavy (non-hydrogen) atoms. The first-order valence-electron chi connectivity index (χ1n) is 1.07. The summed E-state index contributed by atoms with van der Waals surface area (Å²) in [6, 6.07) is 0. The Morgan fingerprint density at radius 1 is 1.25 bits per heavy atom. The van der Waals surface area contributed by atoms with Crippen molar-refractivity contribution >= 4 is 0 Å². The molecule has 0 amide bonds. The van der Waals surface area contributed by atoms with Gasteiger partial charge in [0, 0.05) is 25.4 Å². The van der Waals surface area contributed by atoms with Crippen LogP contribution in [0, 0.1) is 12.3 Å². The average Bonchev–Trinajstić information content (AvgIpc) is 1.35. The van der Waals surface area contributed by atoms with Crippen molar-refractivity contribution in [2.45, 2.75) is 6.18 Å². The third-order valence-electron chi connectivity index (χ3n) is 0.142. The molecule has 0 heterocycles. The third kappa shape index (κ3) is 16.3. The molecule has 0 aromatic heterocycles. The van der Waals surface area contributed by atoms with E-state index in [-0.39, 0.29) is 31.9 Å². The third-order valence-corrected chi connectivity index (χ3v) is 0.142. The summed E-state index contributed by atoms with van der Waals surface area (Å²) < 4.78 is 31.5. The van der Waals surface area contributed by atoms with Crippen LogP contribution in [0.4, 0.5) is 13.2 Å². The summed E-state index contributed by atoms with van der Waals surface area (Å²) in [5.74, 6) is 0.354. The molecule has 0 fully saturated rings. The fourth-order valence-electron chi connectivity index (χ4n) is 0. The van der Waals surface area contributed by atoms with Gasteiger partial charge in [-0.05, 0) is 6.42 Å². The van der Waals surface area contributed by atoms with Crippen molar-refractivity contribution < 1.29 is 45.1 Å². The second-order valence-corrected chi connectivity index (χ2v) is 0.623. The fourth-order valence-corrected chi connectivity index (χ4v) is 0. The largest absolute Gasteiger partial charge is 1.00 e. The Balaban J connectivity index is -0.000000125. The zero-order valence-electron chi connectivity index (χ0n) is 3.72. The second kappa shape index (κ2) is 5.40. The Kier molecular flexibility index (Phi) is 10.6. The molecule has 0 N–H and O–H groups in total. The summed E-state index contributed by atoms with van der Waals surface area (Å²) in [4.78, 5) is 0. The van der Waals surface area contributed by atoms with E-state index in [4.69, 9.17) is 6.42 Å². The van der Waals surface area contributed by atoms with Gasteiger partial charge in [-0.2, -0.15) is 13.2 Å². The van der Waals surface area contributed by atoms with E-state index in [1.807, 2.05) is 0 Å². The van der Waals surface area contributed by atoms with Gasteiger partial charge >= 0.3 is 6.18 Å². The van der Waals surface area contributed by atoms with Crippen LogP contribution in [0.1, 0.15) is 0 Å². The second-order valence-electron chi connectivity index (χ2n) is 0.623. The van der Waals surface area contributed by atoms with Crippen LogP contribution in [0.2, 0.25) is 0 Å². The van der Waals surface area contributed by atoms with E-state index in [0.29, 0.717) is 5.92 Å². The van der Waals surface area contributed by atoms with Gasteiger partial charge in [-0.1, -0.05) is 0 Å². The van der Waals surface area contributed by atoms with Gasteiger partial charge in [0.15, 0.2) is 0 Å². The molecule has 0 aliphatic carbocycles. The van der Waals surface area contributed by atoms with Crippen molar-refractivity contribution in [3.05, 3.63) is 6.42 Å². The molecule has 0 aromatic carbocycles. The van der Waals surface area contributed by atoms with Gasteiger partial charge in [-0.15, -0.1) is 0 Å². The molecule has 0 bridgehead atoms. The molecule has 0 unspecified atom stereocenters. The van der Waals surface area contributed by atoms with Crippen LogP contribution in [0.25, 0.3) is 0 Å². The molecule has 0 aromatic rings. The van der Waals surface area contributed by atoms with Crippen molar-refractivity contribution in [3.8, 4) is 5.92 Å². The van der Waals surface area contributed by atoms with Gasteiger partial charge in [0.2, 0.25) is 0 Å². The predicted octanol–water partition coefficient (Wildman–Crippen LogP) is -1.86. The van der Waals surface area contributed by atoms with E-state index in [1.54, 1.807) is 0 Å². The van der Waals surface area contributed by atoms with Crippen LogP contribution in [-0.2, 0) is 19.5 Å². The summed E-state index contributed by atoms with van der Waals surface area (Å²) in [6.07, 6.45) is 0.938. The van der Waals surface area contributed by atoms with Crippen molar-refractivity contribution in [1.82, 2.24) is 0 Å². The van der Waals surface area contributed by atoms with Crippen LogP contribution < -0.4 is 12.4 Å². The molecule has 0 aliphatic rings. The smallest absolute Gasteiger partial charge is 0.458 e. The molecule has 0 rings (SSSR count). The predicted molar refractivity (Wildman–Crippen MR) is 13.2 cm³/mol. The van der Waals surface area contributed by atoms with E-state index in [0.717, 1.165) is 0 Å². The number of halogens is 4. The van der Waals surface area contributed by atoms with E-state index >= 15 is 0 Å². The maximum Gasteiger partial charge on any atom is 0.458 e. The van der Waals surface area contributed by atoms with Crippen molar-refractivity contribution in [1.29, 1.82) is 0 Å². The Morgan fingerprint density at radius 2 is 1.38 bits per heavy atom. The molecule has 0 spiro atoms. The molecule has 43 valence electrons. The van der Waals surface area contributed by atoms with Crippen molar-refractivity contribution in [2.24, 2.45) is 0 Å². The van der Waals surface area contributed by atoms with Gasteiger partial charge in [0.05, 0.1) is 0 Å². The van der Waals surface area contributed by atoms with E-state index in [9.17, 15) is 13.2 Å². The standard InChI is InChI=1S/C3F3.ClH.Zn/c1-2-3(4,5)6;;/h;1H;/p-1. The van der Waals surface area contributed by atoms with Gasteiger partial charge < -0.3 is 12.4 Å². The minimum absolute atomic E-state index is 0. The van der Waals surface area contributed by atoms with E-state index in [2.05, 4.69) is 0 Å². The van der Waals surface area contributed by atoms with Crippen LogP contribution in [0.15, 0.2) is 0 Å². The number of rotatable bonds is 0. The van der Waals surface area contributed by atoms with Crippen molar-refractivity contribution in [3.63, 3.8) is 0 Å². The van der Waals surface area contributed by atoms with E-state index < -0.39 is 6.18 Å². The monoisotopic (exact) mass is 192 g/mol. The van der Waals surface area contributed by atoms with Gasteiger partial charge in [0.25, 0.3) is 0 Å². The molecule has 5 heteroatoms. The summed E-state index contributed by atoms with van der Waals surface area (Å²) in [6.45, 7) is 0. The Labute approximate surface area is 64.0 Å². The minimum atomic E-state index is -4.54. The molecular formula is C3ClF3Zn-. The van der Waals surface area contributed by atoms with E-state index in [1.165, 1.54) is 0 Å². The zero-order chi connectivity index (χ0) is 5.21. The number of alkyl halides is 3. The summed E-state index contributed by atoms with van der Waals surface area (Å²) in [5.41, 5.74) is 0. The molecule has 0 aliphatic heterocycles. The summed E-state index contributed by atoms with van der Waals surface area (Å²) in [7, 11) is 0. The minimum Gasteiger partial charge on any atom is -1.00 e. The quantitative estimate of drug-likeness (QED) is 0.313. The van der Waals surface area contributed by atoms with Crippen LogP contribution >= 0.6 is 0 Å². The van der Waals surface area contributed by atoms with Gasteiger partial charge in [0.1, 0.15) is 0 Å². The first-order chi connectivity index (χ1) is 2.56. The molecule has 0 nitrogen and oxygen atoms in total. The summed E-state index contributed by atoms with van der Waals surface area (Å²) >= 11 is 0.